The Bertz CT molecular complexity index is 3280. The number of nitrogens with zero attached hydrogens (tertiary/aromatic N) is 6. The third-order valence-electron chi connectivity index (χ3n) is 13.5. The van der Waals surface area contributed by atoms with E-state index in [4.69, 9.17) is 20.3 Å². The van der Waals surface area contributed by atoms with E-state index < -0.39 is 30.0 Å². The number of para-hydroxylation sites is 1. The van der Waals surface area contributed by atoms with E-state index in [1.54, 1.807) is 0 Å². The van der Waals surface area contributed by atoms with Crippen LogP contribution in [-0.2, 0) is 26.1 Å². The van der Waals surface area contributed by atoms with Crippen molar-refractivity contribution in [2.45, 2.75) is 18.1 Å². The average molecular weight is 902 g/mol. The number of carbonyl (C=O) groups is 2. The first-order chi connectivity index (χ1) is 32.0. The van der Waals surface area contributed by atoms with Gasteiger partial charge in [0.2, 0.25) is 11.8 Å². The molecule has 6 aliphatic heterocycles. The molecule has 0 aliphatic carbocycles. The van der Waals surface area contributed by atoms with Crippen LogP contribution in [0.5, 0.6) is 0 Å². The molecule has 5 aromatic carbocycles. The van der Waals surface area contributed by atoms with Crippen molar-refractivity contribution in [3.8, 4) is 0 Å². The topological polar surface area (TPSA) is 93.5 Å². The molecule has 66 heavy (non-hydrogen) atoms. The zero-order valence-corrected chi connectivity index (χ0v) is 36.9. The van der Waals surface area contributed by atoms with Gasteiger partial charge < -0.3 is 10.3 Å². The number of imide groups is 1. The summed E-state index contributed by atoms with van der Waals surface area (Å²) in [6, 6.07) is 53.5. The number of amides is 2. The van der Waals surface area contributed by atoms with Gasteiger partial charge in [0.1, 0.15) is 0 Å². The van der Waals surface area contributed by atoms with Gasteiger partial charge in [0.15, 0.2) is 0 Å². The first kappa shape index (κ1) is 41.3. The first-order valence-electron chi connectivity index (χ1n) is 22.2. The van der Waals surface area contributed by atoms with E-state index in [2.05, 4.69) is 95.9 Å². The van der Waals surface area contributed by atoms with Gasteiger partial charge in [0.05, 0.1) is 40.7 Å². The van der Waals surface area contributed by atoms with Gasteiger partial charge in [-0.05, 0) is 82.0 Å². The van der Waals surface area contributed by atoms with Crippen molar-refractivity contribution < 1.29 is 26.1 Å². The Kier molecular flexibility index (Phi) is 10.5. The maximum atomic E-state index is 14.8. The Morgan fingerprint density at radius 2 is 1.14 bits per heavy atom. The maximum Gasteiger partial charge on any atom is 2.00 e. The van der Waals surface area contributed by atoms with Gasteiger partial charge in [0.25, 0.3) is 0 Å². The van der Waals surface area contributed by atoms with Gasteiger partial charge in [-0.1, -0.05) is 175 Å². The number of rotatable bonds is 6. The predicted octanol–water partition coefficient (Wildman–Crippen LogP) is 8.07. The Hall–Kier alpha value is -7.45. The molecular formula is C57H42N6NiO2. The molecule has 2 amide bonds. The van der Waals surface area contributed by atoms with Crippen LogP contribution in [0.1, 0.15) is 22.3 Å². The maximum absolute atomic E-state index is 14.8. The van der Waals surface area contributed by atoms with Crippen LogP contribution in [0, 0.1) is 11.8 Å². The third kappa shape index (κ3) is 6.86. The largest absolute Gasteiger partial charge is 2.00 e. The fraction of sp³-hybridized carbons (Fsp3) is 0.123. The van der Waals surface area contributed by atoms with E-state index in [0.29, 0.717) is 12.2 Å². The summed E-state index contributed by atoms with van der Waals surface area (Å²) in [5, 5.41) is 7.42. The second-order valence-electron chi connectivity index (χ2n) is 17.2. The molecule has 2 fully saturated rings. The number of likely N-dealkylation sites (N-methyl/N-ethyl adjacent to an activating group) is 1. The van der Waals surface area contributed by atoms with Crippen LogP contribution in [0.15, 0.2) is 221 Å². The number of hydrogen-bond donors (Lipinski definition) is 0. The molecule has 8 nitrogen and oxygen atoms in total. The summed E-state index contributed by atoms with van der Waals surface area (Å²) in [6.07, 6.45) is 10.6. The van der Waals surface area contributed by atoms with Gasteiger partial charge in [-0.3, -0.25) is 19.5 Å². The summed E-state index contributed by atoms with van der Waals surface area (Å²) in [4.78, 5) is 49.2. The van der Waals surface area contributed by atoms with Gasteiger partial charge in [-0.25, -0.2) is 9.89 Å². The molecule has 7 heterocycles. The van der Waals surface area contributed by atoms with Crippen LogP contribution in [0.3, 0.4) is 0 Å². The number of likely N-dealkylation sites (tertiary alicyclic amines) is 1. The molecule has 12 rings (SSSR count). The van der Waals surface area contributed by atoms with Crippen LogP contribution < -0.4 is 20.6 Å². The zero-order valence-electron chi connectivity index (χ0n) is 35.9. The molecule has 322 valence electrons. The van der Waals surface area contributed by atoms with Gasteiger partial charge in [0, 0.05) is 12.6 Å². The minimum absolute atomic E-state index is 0. The number of allylic oxidation sites excluding steroid dienone is 4. The Morgan fingerprint density at radius 1 is 0.591 bits per heavy atom. The number of fused-ring (bicyclic) bond motifs is 7. The van der Waals surface area contributed by atoms with Crippen molar-refractivity contribution in [3.05, 3.63) is 249 Å². The van der Waals surface area contributed by atoms with Crippen LogP contribution in [0.2, 0.25) is 0 Å². The average Bonchev–Trinajstić information content (AvgIpc) is 4.23. The number of benzene rings is 5. The molecular weight excluding hydrogens is 859 g/mol. The summed E-state index contributed by atoms with van der Waals surface area (Å²) >= 11 is 0. The van der Waals surface area contributed by atoms with E-state index in [0.717, 1.165) is 83.6 Å². The molecule has 0 saturated carbocycles. The second-order valence-corrected chi connectivity index (χ2v) is 17.2. The van der Waals surface area contributed by atoms with E-state index in [-0.39, 0.29) is 28.3 Å². The van der Waals surface area contributed by atoms with Crippen molar-refractivity contribution in [1.82, 2.24) is 9.88 Å². The van der Waals surface area contributed by atoms with E-state index in [1.165, 1.54) is 4.90 Å². The summed E-state index contributed by atoms with van der Waals surface area (Å²) in [5.41, 5.74) is 12.4. The summed E-state index contributed by atoms with van der Waals surface area (Å²) < 4.78 is 0. The quantitative estimate of drug-likeness (QED) is 0.125. The number of hydrogen-bond acceptors (Lipinski definition) is 5. The van der Waals surface area contributed by atoms with Crippen LogP contribution in [0.25, 0.3) is 27.6 Å². The smallest absolute Gasteiger partial charge is 0.674 e. The molecule has 2 saturated heterocycles. The van der Waals surface area contributed by atoms with E-state index in [1.807, 2.05) is 110 Å². The second kappa shape index (κ2) is 16.8. The van der Waals surface area contributed by atoms with Crippen molar-refractivity contribution >= 4 is 51.2 Å². The molecule has 0 radical (unpaired) electrons. The fourth-order valence-electron chi connectivity index (χ4n) is 10.6. The van der Waals surface area contributed by atoms with Crippen molar-refractivity contribution in [2.75, 3.05) is 18.5 Å². The van der Waals surface area contributed by atoms with Crippen LogP contribution in [-0.4, -0.2) is 59.9 Å². The molecule has 6 aromatic rings. The molecule has 0 N–H and O–H groups in total. The van der Waals surface area contributed by atoms with Crippen LogP contribution >= 0.6 is 0 Å². The number of carbonyl (C=O) groups excluding carboxylic acids is 2. The molecule has 9 heteroatoms. The van der Waals surface area contributed by atoms with Gasteiger partial charge >= 0.3 is 16.5 Å². The standard InChI is InChI=1S/C57H42N6O2.Ni/c1-62-34-41-53(57(65)63(56(41)64)39-25-15-6-16-26-39)55(62)40-33-48-51(37-21-11-4-12-22-37)46-30-29-44(59-46)49(35-17-7-2-8-18-35)42-27-28-43(58-42)50(36-19-9-3-10-20-36)45-31-32-47(60-45)52(54(40)61-48)38-23-13-5-14-24-38;/h2-33,41,46,53-55H,34H2,1H3;/q-2;+2/b51-48-,52-47-;/t41-,46?,53-,54?,55+;/m0./s1. The number of aromatic nitrogens is 1. The minimum atomic E-state index is -0.611. The van der Waals surface area contributed by atoms with Crippen molar-refractivity contribution in [1.29, 1.82) is 0 Å². The van der Waals surface area contributed by atoms with Gasteiger partial charge in [-0.2, -0.15) is 0 Å². The number of anilines is 1. The fourth-order valence-corrected chi connectivity index (χ4v) is 10.6. The SMILES string of the molecule is CN1C[C@@H]2C(=O)N(c3ccccc3)C(=O)[C@@H]2[C@H]1C1=C/C2=C(\c3ccccc3)C3C=CC(=N3)/C(c3ccccc3)=c3/cc/c([n-]3)=C(\c3ccccc3)C3=N/C(=C(/c4ccccc4)C1[N-]2)C=C3.[Ni+2]. The minimum Gasteiger partial charge on any atom is -0.674 e. The molecule has 5 atom stereocenters. The summed E-state index contributed by atoms with van der Waals surface area (Å²) in [6.45, 7) is 0.443. The Balaban J connectivity index is 0.00000481. The predicted molar refractivity (Wildman–Crippen MR) is 258 cm³/mol. The van der Waals surface area contributed by atoms with Gasteiger partial charge in [-0.15, -0.1) is 16.4 Å². The summed E-state index contributed by atoms with van der Waals surface area (Å²) in [7, 11) is 2.03. The molecule has 6 aliphatic rings. The molecule has 2 unspecified atom stereocenters. The monoisotopic (exact) mass is 900 g/mol. The molecule has 1 aromatic heterocycles. The van der Waals surface area contributed by atoms with E-state index in [9.17, 15) is 9.59 Å². The van der Waals surface area contributed by atoms with Crippen LogP contribution in [0.4, 0.5) is 5.69 Å². The first-order valence-corrected chi connectivity index (χ1v) is 22.2. The summed E-state index contributed by atoms with van der Waals surface area (Å²) in [5.74, 6) is -1.47. The molecule has 0 spiro atoms. The van der Waals surface area contributed by atoms with Crippen molar-refractivity contribution in [3.63, 3.8) is 0 Å². The third-order valence-corrected chi connectivity index (χ3v) is 13.5. The Labute approximate surface area is 393 Å². The van der Waals surface area contributed by atoms with E-state index >= 15 is 0 Å². The Morgan fingerprint density at radius 3 is 1.74 bits per heavy atom. The normalized spacial score (nSPS) is 27.1. The van der Waals surface area contributed by atoms with Crippen molar-refractivity contribution in [2.24, 2.45) is 21.8 Å². The number of aliphatic imine (C=N–C) groups is 2. The zero-order chi connectivity index (χ0) is 43.6. The molecule has 8 bridgehead atoms.